The van der Waals surface area contributed by atoms with Crippen LogP contribution in [0.25, 0.3) is 10.9 Å². The average Bonchev–Trinajstić information content (AvgIpc) is 2.79. The van der Waals surface area contributed by atoms with Crippen LogP contribution in [0, 0.1) is 10.1 Å². The summed E-state index contributed by atoms with van der Waals surface area (Å²) in [5.41, 5.74) is 0.685. The van der Waals surface area contributed by atoms with E-state index in [0.717, 1.165) is 0 Å². The van der Waals surface area contributed by atoms with Gasteiger partial charge in [0.15, 0.2) is 0 Å². The van der Waals surface area contributed by atoms with Gasteiger partial charge in [-0.3, -0.25) is 15.1 Å². The molecule has 0 aliphatic carbocycles. The summed E-state index contributed by atoms with van der Waals surface area (Å²) in [5.74, 6) is 0. The molecule has 2 heterocycles. The minimum absolute atomic E-state index is 0.0871. The molecule has 1 fully saturated rings. The van der Waals surface area contributed by atoms with Gasteiger partial charge in [-0.25, -0.2) is 0 Å². The van der Waals surface area contributed by atoms with E-state index in [1.54, 1.807) is 29.2 Å². The molecule has 1 aliphatic heterocycles. The first-order valence-corrected chi connectivity index (χ1v) is 7.45. The van der Waals surface area contributed by atoms with Gasteiger partial charge in [0.05, 0.1) is 15.8 Å². The number of nitrogens with zero attached hydrogens (tertiary/aromatic N) is 3. The van der Waals surface area contributed by atoms with Gasteiger partial charge < -0.3 is 10.2 Å². The number of hydrogen-bond donors (Lipinski definition) is 1. The Balaban J connectivity index is 1.97. The number of aromatic nitrogens is 1. The molecule has 128 valence electrons. The van der Waals surface area contributed by atoms with Crippen LogP contribution >= 0.6 is 0 Å². The van der Waals surface area contributed by atoms with Crippen LogP contribution in [-0.2, 0) is 0 Å². The molecule has 1 N–H and O–H groups in total. The van der Waals surface area contributed by atoms with E-state index in [-0.39, 0.29) is 31.7 Å². The molecule has 0 saturated carbocycles. The third-order valence-corrected chi connectivity index (χ3v) is 4.11. The molecule has 1 aliphatic rings. The molecule has 2 aromatic rings. The zero-order chi connectivity index (χ0) is 17.3. The second-order valence-electron chi connectivity index (χ2n) is 5.58. The highest BCUT2D eigenvalue weighted by Crippen LogP contribution is 2.36. The maximum absolute atomic E-state index is 12.9. The molecule has 9 heteroatoms. The third kappa shape index (κ3) is 3.12. The van der Waals surface area contributed by atoms with Crippen molar-refractivity contribution in [3.8, 4) is 0 Å². The van der Waals surface area contributed by atoms with Crippen molar-refractivity contribution in [1.82, 2.24) is 10.3 Å². The lowest BCUT2D eigenvalue weighted by Gasteiger charge is -2.23. The van der Waals surface area contributed by atoms with Crippen molar-refractivity contribution < 1.29 is 18.1 Å². The third-order valence-electron chi connectivity index (χ3n) is 4.11. The maximum atomic E-state index is 12.9. The Hall–Kier alpha value is -2.42. The van der Waals surface area contributed by atoms with E-state index in [0.29, 0.717) is 16.6 Å². The summed E-state index contributed by atoms with van der Waals surface area (Å²) in [7, 11) is 0. The van der Waals surface area contributed by atoms with Crippen LogP contribution in [0.1, 0.15) is 6.42 Å². The number of hydrogen-bond acceptors (Lipinski definition) is 5. The number of rotatable bonds is 2. The number of halogens is 3. The first-order chi connectivity index (χ1) is 11.4. The summed E-state index contributed by atoms with van der Waals surface area (Å²) < 4.78 is 38.6. The van der Waals surface area contributed by atoms with E-state index < -0.39 is 17.1 Å². The molecule has 0 bridgehead atoms. The number of anilines is 1. The van der Waals surface area contributed by atoms with Crippen molar-refractivity contribution >= 4 is 22.3 Å². The lowest BCUT2D eigenvalue weighted by molar-refractivity contribution is -0.382. The number of pyridine rings is 1. The zero-order valence-electron chi connectivity index (χ0n) is 12.6. The lowest BCUT2D eigenvalue weighted by Crippen LogP contribution is -2.42. The predicted octanol–water partition coefficient (Wildman–Crippen LogP) is 2.87. The topological polar surface area (TPSA) is 71.3 Å². The van der Waals surface area contributed by atoms with Gasteiger partial charge in [0.25, 0.3) is 0 Å². The Morgan fingerprint density at radius 2 is 2.08 bits per heavy atom. The van der Waals surface area contributed by atoms with E-state index in [1.165, 1.54) is 6.20 Å². The van der Waals surface area contributed by atoms with Crippen molar-refractivity contribution in [3.63, 3.8) is 0 Å². The monoisotopic (exact) mass is 340 g/mol. The summed E-state index contributed by atoms with van der Waals surface area (Å²) in [4.78, 5) is 16.8. The fourth-order valence-electron chi connectivity index (χ4n) is 2.97. The standard InChI is InChI=1S/C15H15F3N4O2/c16-15(17,18)13-5-8-21(9-7-20-13)12-4-3-11-10(2-1-6-19-11)14(12)22(23)24/h1-4,6,13,20H,5,7-9H2/t13-/m0/s1. The molecule has 0 unspecified atom stereocenters. The summed E-state index contributed by atoms with van der Waals surface area (Å²) in [6.45, 7) is 0.454. The molecule has 3 rings (SSSR count). The summed E-state index contributed by atoms with van der Waals surface area (Å²) >= 11 is 0. The Kier molecular flexibility index (Phi) is 4.27. The van der Waals surface area contributed by atoms with Crippen LogP contribution in [0.3, 0.4) is 0 Å². The molecule has 0 amide bonds. The van der Waals surface area contributed by atoms with Crippen LogP contribution in [0.2, 0.25) is 0 Å². The number of nitro groups is 1. The molecule has 24 heavy (non-hydrogen) atoms. The Labute approximate surface area is 135 Å². The highest BCUT2D eigenvalue weighted by Gasteiger charge is 2.40. The molecule has 1 aromatic carbocycles. The van der Waals surface area contributed by atoms with Crippen molar-refractivity contribution in [3.05, 3.63) is 40.6 Å². The van der Waals surface area contributed by atoms with Crippen LogP contribution in [0.4, 0.5) is 24.5 Å². The van der Waals surface area contributed by atoms with Gasteiger partial charge in [0, 0.05) is 25.8 Å². The Morgan fingerprint density at radius 1 is 1.29 bits per heavy atom. The second-order valence-corrected chi connectivity index (χ2v) is 5.58. The maximum Gasteiger partial charge on any atom is 0.403 e. The van der Waals surface area contributed by atoms with Gasteiger partial charge in [-0.15, -0.1) is 0 Å². The minimum Gasteiger partial charge on any atom is -0.365 e. The second kappa shape index (κ2) is 6.23. The first kappa shape index (κ1) is 16.4. The average molecular weight is 340 g/mol. The Bertz CT molecular complexity index is 766. The quantitative estimate of drug-likeness (QED) is 0.672. The Morgan fingerprint density at radius 3 is 2.79 bits per heavy atom. The minimum atomic E-state index is -4.32. The number of nitro benzene ring substituents is 1. The van der Waals surface area contributed by atoms with Gasteiger partial charge >= 0.3 is 11.9 Å². The van der Waals surface area contributed by atoms with Gasteiger partial charge in [-0.1, -0.05) is 0 Å². The molecule has 1 atom stereocenters. The van der Waals surface area contributed by atoms with E-state index in [4.69, 9.17) is 0 Å². The van der Waals surface area contributed by atoms with E-state index in [9.17, 15) is 23.3 Å². The largest absolute Gasteiger partial charge is 0.403 e. The zero-order valence-corrected chi connectivity index (χ0v) is 12.6. The van der Waals surface area contributed by atoms with Crippen molar-refractivity contribution in [2.24, 2.45) is 0 Å². The van der Waals surface area contributed by atoms with Crippen molar-refractivity contribution in [2.75, 3.05) is 24.5 Å². The van der Waals surface area contributed by atoms with Crippen molar-refractivity contribution in [1.29, 1.82) is 0 Å². The number of alkyl halides is 3. The number of nitrogens with one attached hydrogen (secondary N) is 1. The van der Waals surface area contributed by atoms with Gasteiger partial charge in [-0.2, -0.15) is 13.2 Å². The molecular weight excluding hydrogens is 325 g/mol. The van der Waals surface area contributed by atoms with E-state index >= 15 is 0 Å². The fourth-order valence-corrected chi connectivity index (χ4v) is 2.97. The normalized spacial score (nSPS) is 19.3. The molecule has 0 radical (unpaired) electrons. The smallest absolute Gasteiger partial charge is 0.365 e. The molecule has 1 saturated heterocycles. The highest BCUT2D eigenvalue weighted by atomic mass is 19.4. The molecule has 1 aromatic heterocycles. The van der Waals surface area contributed by atoms with Crippen LogP contribution < -0.4 is 10.2 Å². The van der Waals surface area contributed by atoms with Gasteiger partial charge in [0.2, 0.25) is 0 Å². The van der Waals surface area contributed by atoms with Crippen LogP contribution in [-0.4, -0.2) is 41.8 Å². The van der Waals surface area contributed by atoms with Crippen molar-refractivity contribution in [2.45, 2.75) is 18.6 Å². The van der Waals surface area contributed by atoms with E-state index in [1.807, 2.05) is 0 Å². The van der Waals surface area contributed by atoms with Gasteiger partial charge in [-0.05, 0) is 30.7 Å². The molecular formula is C15H15F3N4O2. The lowest BCUT2D eigenvalue weighted by atomic mass is 10.1. The van der Waals surface area contributed by atoms with Crippen LogP contribution in [0.5, 0.6) is 0 Å². The highest BCUT2D eigenvalue weighted by molar-refractivity contribution is 5.94. The summed E-state index contributed by atoms with van der Waals surface area (Å²) in [5, 5.41) is 14.4. The fraction of sp³-hybridized carbons (Fsp3) is 0.400. The SMILES string of the molecule is O=[N+]([O-])c1c(N2CCN[C@H](C(F)(F)F)CC2)ccc2ncccc12. The van der Waals surface area contributed by atoms with Crippen LogP contribution in [0.15, 0.2) is 30.5 Å². The number of benzene rings is 1. The molecule has 0 spiro atoms. The first-order valence-electron chi connectivity index (χ1n) is 7.45. The number of fused-ring (bicyclic) bond motifs is 1. The molecule has 6 nitrogen and oxygen atoms in total. The summed E-state index contributed by atoms with van der Waals surface area (Å²) in [6.07, 6.45) is -2.95. The van der Waals surface area contributed by atoms with E-state index in [2.05, 4.69) is 10.3 Å². The predicted molar refractivity (Wildman–Crippen MR) is 83.1 cm³/mol. The van der Waals surface area contributed by atoms with Gasteiger partial charge in [0.1, 0.15) is 11.7 Å². The summed E-state index contributed by atoms with van der Waals surface area (Å²) in [6, 6.07) is 4.81.